The zero-order valence-corrected chi connectivity index (χ0v) is 5.71. The van der Waals surface area contributed by atoms with E-state index in [1.54, 1.807) is 0 Å². The largest absolute Gasteiger partial charge is 0.299 e. The molecule has 0 radical (unpaired) electrons. The van der Waals surface area contributed by atoms with E-state index in [0.717, 1.165) is 12.8 Å². The van der Waals surface area contributed by atoms with Gasteiger partial charge in [-0.2, -0.15) is 5.26 Å². The molecule has 3 atom stereocenters. The van der Waals surface area contributed by atoms with E-state index >= 15 is 0 Å². The summed E-state index contributed by atoms with van der Waals surface area (Å²) in [5, 5.41) is 8.61. The SMILES string of the molecule is N#C[C@@H]1C[C@@H]2C[C@H]1CC2=O. The first-order valence-electron chi connectivity index (χ1n) is 3.73. The van der Waals surface area contributed by atoms with Crippen molar-refractivity contribution in [1.82, 2.24) is 0 Å². The lowest BCUT2D eigenvalue weighted by Crippen LogP contribution is -2.15. The number of rotatable bonds is 0. The molecule has 0 aromatic rings. The minimum absolute atomic E-state index is 0.197. The number of hydrogen-bond acceptors (Lipinski definition) is 2. The summed E-state index contributed by atoms with van der Waals surface area (Å²) in [6, 6.07) is 2.26. The van der Waals surface area contributed by atoms with Crippen molar-refractivity contribution in [3.63, 3.8) is 0 Å². The molecule has 0 aromatic heterocycles. The molecule has 0 aliphatic heterocycles. The molecule has 10 heavy (non-hydrogen) atoms. The molecular formula is C8H9NO. The van der Waals surface area contributed by atoms with Crippen LogP contribution in [-0.2, 0) is 4.79 Å². The molecule has 2 aliphatic rings. The van der Waals surface area contributed by atoms with Crippen molar-refractivity contribution in [3.8, 4) is 6.07 Å². The van der Waals surface area contributed by atoms with Gasteiger partial charge in [-0.05, 0) is 18.8 Å². The van der Waals surface area contributed by atoms with E-state index in [-0.39, 0.29) is 11.8 Å². The van der Waals surface area contributed by atoms with Crippen molar-refractivity contribution in [3.05, 3.63) is 0 Å². The molecule has 2 bridgehead atoms. The molecule has 0 aromatic carbocycles. The second-order valence-corrected chi connectivity index (χ2v) is 3.33. The van der Waals surface area contributed by atoms with Crippen LogP contribution in [0.2, 0.25) is 0 Å². The highest BCUT2D eigenvalue weighted by molar-refractivity contribution is 5.84. The molecular weight excluding hydrogens is 126 g/mol. The van der Waals surface area contributed by atoms with Crippen LogP contribution in [0.15, 0.2) is 0 Å². The Morgan fingerprint density at radius 2 is 2.30 bits per heavy atom. The number of carbonyl (C=O) groups excluding carboxylic acids is 1. The van der Waals surface area contributed by atoms with Crippen molar-refractivity contribution in [2.45, 2.75) is 19.3 Å². The normalized spacial score (nSPS) is 43.9. The molecule has 0 N–H and O–H groups in total. The number of fused-ring (bicyclic) bond motifs is 2. The fourth-order valence-electron chi connectivity index (χ4n) is 2.20. The molecule has 0 saturated heterocycles. The Bertz CT molecular complexity index is 216. The molecule has 2 aliphatic carbocycles. The van der Waals surface area contributed by atoms with Crippen molar-refractivity contribution in [2.75, 3.05) is 0 Å². The van der Waals surface area contributed by atoms with Gasteiger partial charge in [-0.25, -0.2) is 0 Å². The predicted molar refractivity (Wildman–Crippen MR) is 34.9 cm³/mol. The number of nitrogens with zero attached hydrogens (tertiary/aromatic N) is 1. The van der Waals surface area contributed by atoms with Gasteiger partial charge in [0.05, 0.1) is 12.0 Å². The Kier molecular flexibility index (Phi) is 1.08. The number of nitriles is 1. The van der Waals surface area contributed by atoms with Crippen LogP contribution in [0.5, 0.6) is 0 Å². The highest BCUT2D eigenvalue weighted by Crippen LogP contribution is 2.45. The first kappa shape index (κ1) is 5.91. The van der Waals surface area contributed by atoms with Crippen LogP contribution < -0.4 is 0 Å². The molecule has 0 amide bonds. The van der Waals surface area contributed by atoms with E-state index in [1.807, 2.05) is 0 Å². The third-order valence-electron chi connectivity index (χ3n) is 2.78. The topological polar surface area (TPSA) is 40.9 Å². The Balaban J connectivity index is 2.18. The van der Waals surface area contributed by atoms with Crippen LogP contribution in [0.3, 0.4) is 0 Å². The number of carbonyl (C=O) groups is 1. The molecule has 2 rings (SSSR count). The Labute approximate surface area is 59.8 Å². The number of hydrogen-bond donors (Lipinski definition) is 0. The third-order valence-corrected chi connectivity index (χ3v) is 2.78. The van der Waals surface area contributed by atoms with E-state index in [0.29, 0.717) is 18.1 Å². The third kappa shape index (κ3) is 0.607. The summed E-state index contributed by atoms with van der Waals surface area (Å²) in [5.74, 6) is 1.27. The summed E-state index contributed by atoms with van der Waals surface area (Å²) in [6.07, 6.45) is 2.53. The lowest BCUT2D eigenvalue weighted by Gasteiger charge is -2.12. The van der Waals surface area contributed by atoms with E-state index in [4.69, 9.17) is 5.26 Å². The van der Waals surface area contributed by atoms with E-state index in [1.165, 1.54) is 0 Å². The highest BCUT2D eigenvalue weighted by atomic mass is 16.1. The summed E-state index contributed by atoms with van der Waals surface area (Å²) in [5.41, 5.74) is 0. The molecule has 2 fully saturated rings. The predicted octanol–water partition coefficient (Wildman–Crippen LogP) is 1.13. The van der Waals surface area contributed by atoms with Gasteiger partial charge in [0.15, 0.2) is 0 Å². The van der Waals surface area contributed by atoms with E-state index in [2.05, 4.69) is 6.07 Å². The summed E-state index contributed by atoms with van der Waals surface area (Å²) in [6.45, 7) is 0. The Hall–Kier alpha value is -0.840. The van der Waals surface area contributed by atoms with Crippen molar-refractivity contribution < 1.29 is 4.79 Å². The average Bonchev–Trinajstić information content (AvgIpc) is 2.44. The summed E-state index contributed by atoms with van der Waals surface area (Å²) >= 11 is 0. The van der Waals surface area contributed by atoms with Gasteiger partial charge in [-0.3, -0.25) is 4.79 Å². The Morgan fingerprint density at radius 1 is 1.50 bits per heavy atom. The second kappa shape index (κ2) is 1.82. The number of Topliss-reactive ketones (excluding diaryl/α,β-unsaturated/α-hetero) is 1. The monoisotopic (exact) mass is 135 g/mol. The van der Waals surface area contributed by atoms with E-state index in [9.17, 15) is 4.79 Å². The van der Waals surface area contributed by atoms with E-state index < -0.39 is 0 Å². The van der Waals surface area contributed by atoms with Gasteiger partial charge in [-0.15, -0.1) is 0 Å². The minimum atomic E-state index is 0.197. The second-order valence-electron chi connectivity index (χ2n) is 3.33. The highest BCUT2D eigenvalue weighted by Gasteiger charge is 2.44. The lowest BCUT2D eigenvalue weighted by atomic mass is 9.89. The molecule has 2 saturated carbocycles. The van der Waals surface area contributed by atoms with Gasteiger partial charge >= 0.3 is 0 Å². The molecule has 52 valence electrons. The Morgan fingerprint density at radius 3 is 2.70 bits per heavy atom. The van der Waals surface area contributed by atoms with Crippen LogP contribution in [0, 0.1) is 29.1 Å². The van der Waals surface area contributed by atoms with Gasteiger partial charge in [-0.1, -0.05) is 0 Å². The van der Waals surface area contributed by atoms with Crippen LogP contribution in [0.25, 0.3) is 0 Å². The fraction of sp³-hybridized carbons (Fsp3) is 0.750. The molecule has 0 unspecified atom stereocenters. The van der Waals surface area contributed by atoms with Crippen molar-refractivity contribution in [1.29, 1.82) is 5.26 Å². The molecule has 0 spiro atoms. The number of ketones is 1. The summed E-state index contributed by atoms with van der Waals surface area (Å²) < 4.78 is 0. The van der Waals surface area contributed by atoms with Gasteiger partial charge in [0, 0.05) is 12.3 Å². The maximum atomic E-state index is 11.0. The summed E-state index contributed by atoms with van der Waals surface area (Å²) in [4.78, 5) is 11.0. The van der Waals surface area contributed by atoms with Gasteiger partial charge in [0.2, 0.25) is 0 Å². The van der Waals surface area contributed by atoms with Crippen LogP contribution in [-0.4, -0.2) is 5.78 Å². The fourth-order valence-corrected chi connectivity index (χ4v) is 2.20. The maximum Gasteiger partial charge on any atom is 0.136 e. The molecule has 2 nitrogen and oxygen atoms in total. The van der Waals surface area contributed by atoms with Crippen LogP contribution in [0.4, 0.5) is 0 Å². The van der Waals surface area contributed by atoms with Crippen molar-refractivity contribution in [2.24, 2.45) is 17.8 Å². The molecule has 2 heteroatoms. The minimum Gasteiger partial charge on any atom is -0.299 e. The first-order chi connectivity index (χ1) is 4.81. The zero-order chi connectivity index (χ0) is 7.14. The summed E-state index contributed by atoms with van der Waals surface area (Å²) in [7, 11) is 0. The van der Waals surface area contributed by atoms with Crippen LogP contribution in [0.1, 0.15) is 19.3 Å². The lowest BCUT2D eigenvalue weighted by molar-refractivity contribution is -0.122. The van der Waals surface area contributed by atoms with Crippen molar-refractivity contribution >= 4 is 5.78 Å². The van der Waals surface area contributed by atoms with Crippen LogP contribution >= 0.6 is 0 Å². The maximum absolute atomic E-state index is 11.0. The van der Waals surface area contributed by atoms with Gasteiger partial charge in [0.1, 0.15) is 5.78 Å². The average molecular weight is 135 g/mol. The first-order valence-corrected chi connectivity index (χ1v) is 3.73. The quantitative estimate of drug-likeness (QED) is 0.499. The van der Waals surface area contributed by atoms with Gasteiger partial charge < -0.3 is 0 Å². The molecule has 0 heterocycles. The zero-order valence-electron chi connectivity index (χ0n) is 5.71. The standard InChI is InChI=1S/C8H9NO/c9-4-7-2-6-1-5(7)3-8(6)10/h5-7H,1-3H2/t5-,6-,7-/m0/s1. The smallest absolute Gasteiger partial charge is 0.136 e. The van der Waals surface area contributed by atoms with Gasteiger partial charge in [0.25, 0.3) is 0 Å².